The number of hydrogen-bond donors (Lipinski definition) is 1. The maximum Gasteiger partial charge on any atom is 0.238 e. The second-order valence-electron chi connectivity index (χ2n) is 4.81. The number of halogens is 1. The molecule has 1 N–H and O–H groups in total. The maximum atomic E-state index is 12.3. The van der Waals surface area contributed by atoms with Gasteiger partial charge in [0.05, 0.1) is 23.1 Å². The van der Waals surface area contributed by atoms with E-state index in [1.54, 1.807) is 43.5 Å². The van der Waals surface area contributed by atoms with Crippen molar-refractivity contribution in [1.29, 1.82) is 0 Å². The predicted molar refractivity (Wildman–Crippen MR) is 93.9 cm³/mol. The van der Waals surface area contributed by atoms with Crippen LogP contribution in [0.25, 0.3) is 10.2 Å². The summed E-state index contributed by atoms with van der Waals surface area (Å²) in [6, 6.07) is 12.2. The Hall–Kier alpha value is -1.83. The number of nitrogens with one attached hydrogen (secondary N) is 1. The lowest BCUT2D eigenvalue weighted by atomic mass is 10.2. The molecule has 3 rings (SSSR count). The standard InChI is InChI=1S/C15H13ClN2O3S2/c1-21-11-6-7-13-14(8-11)22-15(17-13)18-23(19,20)9-10-4-2-3-5-12(10)16/h2-8H,9H2,1H3,(H,17,18). The molecule has 3 aromatic rings. The van der Waals surface area contributed by atoms with Crippen LogP contribution in [0.5, 0.6) is 5.75 Å². The second-order valence-corrected chi connectivity index (χ2v) is 7.97. The normalized spacial score (nSPS) is 11.6. The minimum atomic E-state index is -3.59. The number of hydrogen-bond acceptors (Lipinski definition) is 5. The number of rotatable bonds is 5. The summed E-state index contributed by atoms with van der Waals surface area (Å²) in [6.45, 7) is 0. The van der Waals surface area contributed by atoms with Gasteiger partial charge in [0.2, 0.25) is 10.0 Å². The van der Waals surface area contributed by atoms with Gasteiger partial charge < -0.3 is 4.74 Å². The molecule has 0 bridgehead atoms. The molecule has 0 saturated heterocycles. The van der Waals surface area contributed by atoms with Crippen LogP contribution < -0.4 is 9.46 Å². The minimum absolute atomic E-state index is 0.202. The summed E-state index contributed by atoms with van der Waals surface area (Å²) in [5, 5.41) is 0.743. The third-order valence-corrected chi connectivity index (χ3v) is 5.77. The summed E-state index contributed by atoms with van der Waals surface area (Å²) >= 11 is 7.27. The molecule has 1 heterocycles. The molecule has 0 spiro atoms. The van der Waals surface area contributed by atoms with Gasteiger partial charge in [-0.05, 0) is 29.8 Å². The molecule has 0 fully saturated rings. The van der Waals surface area contributed by atoms with E-state index in [0.717, 1.165) is 4.70 Å². The van der Waals surface area contributed by atoms with E-state index in [4.69, 9.17) is 16.3 Å². The van der Waals surface area contributed by atoms with E-state index in [1.165, 1.54) is 11.3 Å². The predicted octanol–water partition coefficient (Wildman–Crippen LogP) is 3.90. The number of aromatic nitrogens is 1. The van der Waals surface area contributed by atoms with Crippen LogP contribution >= 0.6 is 22.9 Å². The highest BCUT2D eigenvalue weighted by molar-refractivity contribution is 7.92. The molecule has 120 valence electrons. The van der Waals surface area contributed by atoms with Crippen molar-refractivity contribution >= 4 is 48.3 Å². The van der Waals surface area contributed by atoms with Gasteiger partial charge in [0.15, 0.2) is 5.13 Å². The minimum Gasteiger partial charge on any atom is -0.497 e. The number of methoxy groups -OCH3 is 1. The zero-order valence-electron chi connectivity index (χ0n) is 12.1. The Bertz CT molecular complexity index is 954. The van der Waals surface area contributed by atoms with Gasteiger partial charge in [-0.25, -0.2) is 13.4 Å². The lowest BCUT2D eigenvalue weighted by Crippen LogP contribution is -2.15. The second kappa shape index (κ2) is 6.35. The van der Waals surface area contributed by atoms with Crippen LogP contribution in [0, 0.1) is 0 Å². The molecule has 0 atom stereocenters. The van der Waals surface area contributed by atoms with Crippen LogP contribution in [-0.4, -0.2) is 20.5 Å². The van der Waals surface area contributed by atoms with Gasteiger partial charge in [0, 0.05) is 5.02 Å². The lowest BCUT2D eigenvalue weighted by molar-refractivity contribution is 0.415. The number of ether oxygens (including phenoxy) is 1. The molecule has 0 amide bonds. The molecule has 23 heavy (non-hydrogen) atoms. The van der Waals surface area contributed by atoms with Crippen molar-refractivity contribution in [2.45, 2.75) is 5.75 Å². The van der Waals surface area contributed by atoms with Gasteiger partial charge in [-0.3, -0.25) is 4.72 Å². The molecular formula is C15H13ClN2O3S2. The molecule has 2 aromatic carbocycles. The lowest BCUT2D eigenvalue weighted by Gasteiger charge is -2.06. The Morgan fingerprint density at radius 3 is 2.78 bits per heavy atom. The van der Waals surface area contributed by atoms with E-state index in [0.29, 0.717) is 27.0 Å². The fraction of sp³-hybridized carbons (Fsp3) is 0.133. The first kappa shape index (κ1) is 16.0. The fourth-order valence-electron chi connectivity index (χ4n) is 2.06. The average Bonchev–Trinajstić information content (AvgIpc) is 2.89. The van der Waals surface area contributed by atoms with Gasteiger partial charge >= 0.3 is 0 Å². The van der Waals surface area contributed by atoms with Crippen LogP contribution in [-0.2, 0) is 15.8 Å². The first-order valence-corrected chi connectivity index (χ1v) is 9.50. The number of fused-ring (bicyclic) bond motifs is 1. The van der Waals surface area contributed by atoms with Crippen molar-refractivity contribution in [2.75, 3.05) is 11.8 Å². The zero-order valence-corrected chi connectivity index (χ0v) is 14.5. The van der Waals surface area contributed by atoms with Crippen molar-refractivity contribution in [3.8, 4) is 5.75 Å². The molecular weight excluding hydrogens is 356 g/mol. The molecule has 0 aliphatic heterocycles. The van der Waals surface area contributed by atoms with Crippen LogP contribution in [0.4, 0.5) is 5.13 Å². The third kappa shape index (κ3) is 3.74. The van der Waals surface area contributed by atoms with Crippen molar-refractivity contribution in [3.63, 3.8) is 0 Å². The van der Waals surface area contributed by atoms with Crippen molar-refractivity contribution in [1.82, 2.24) is 4.98 Å². The van der Waals surface area contributed by atoms with E-state index in [9.17, 15) is 8.42 Å². The molecule has 8 heteroatoms. The van der Waals surface area contributed by atoms with E-state index >= 15 is 0 Å². The molecule has 5 nitrogen and oxygen atoms in total. The summed E-state index contributed by atoms with van der Waals surface area (Å²) in [5.41, 5.74) is 1.26. The summed E-state index contributed by atoms with van der Waals surface area (Å²) in [6.07, 6.45) is 0. The van der Waals surface area contributed by atoms with Crippen molar-refractivity contribution in [3.05, 3.63) is 53.1 Å². The van der Waals surface area contributed by atoms with E-state index in [1.807, 2.05) is 6.07 Å². The molecule has 0 radical (unpaired) electrons. The van der Waals surface area contributed by atoms with E-state index in [-0.39, 0.29) is 5.75 Å². The van der Waals surface area contributed by atoms with Gasteiger partial charge in [-0.1, -0.05) is 41.1 Å². The number of thiazole rings is 1. The highest BCUT2D eigenvalue weighted by Crippen LogP contribution is 2.30. The van der Waals surface area contributed by atoms with Gasteiger partial charge in [-0.15, -0.1) is 0 Å². The van der Waals surface area contributed by atoms with Crippen molar-refractivity contribution in [2.24, 2.45) is 0 Å². The third-order valence-electron chi connectivity index (χ3n) is 3.14. The van der Waals surface area contributed by atoms with Gasteiger partial charge in [0.1, 0.15) is 5.75 Å². The first-order chi connectivity index (χ1) is 11.0. The van der Waals surface area contributed by atoms with Crippen LogP contribution in [0.3, 0.4) is 0 Å². The number of benzene rings is 2. The Morgan fingerprint density at radius 2 is 2.04 bits per heavy atom. The molecule has 0 saturated carbocycles. The first-order valence-electron chi connectivity index (χ1n) is 6.65. The van der Waals surface area contributed by atoms with Gasteiger partial charge in [0.25, 0.3) is 0 Å². The van der Waals surface area contributed by atoms with Gasteiger partial charge in [-0.2, -0.15) is 0 Å². The smallest absolute Gasteiger partial charge is 0.238 e. The summed E-state index contributed by atoms with van der Waals surface area (Å²) in [7, 11) is -2.01. The zero-order chi connectivity index (χ0) is 16.4. The van der Waals surface area contributed by atoms with Crippen molar-refractivity contribution < 1.29 is 13.2 Å². The highest BCUT2D eigenvalue weighted by atomic mass is 35.5. The monoisotopic (exact) mass is 368 g/mol. The van der Waals surface area contributed by atoms with Crippen LogP contribution in [0.2, 0.25) is 5.02 Å². The Morgan fingerprint density at radius 1 is 1.26 bits per heavy atom. The molecule has 0 aliphatic rings. The number of sulfonamides is 1. The topological polar surface area (TPSA) is 68.3 Å². The number of nitrogens with zero attached hydrogens (tertiary/aromatic N) is 1. The summed E-state index contributed by atoms with van der Waals surface area (Å²) in [5.74, 6) is 0.498. The SMILES string of the molecule is COc1ccc2nc(NS(=O)(=O)Cc3ccccc3Cl)sc2c1. The van der Waals surface area contributed by atoms with Crippen LogP contribution in [0.15, 0.2) is 42.5 Å². The van der Waals surface area contributed by atoms with E-state index in [2.05, 4.69) is 9.71 Å². The Kier molecular flexibility index (Phi) is 4.43. The summed E-state index contributed by atoms with van der Waals surface area (Å²) < 4.78 is 33.1. The number of anilines is 1. The average molecular weight is 369 g/mol. The Balaban J connectivity index is 1.84. The molecule has 0 unspecified atom stereocenters. The van der Waals surface area contributed by atoms with E-state index < -0.39 is 10.0 Å². The quantitative estimate of drug-likeness (QED) is 0.741. The van der Waals surface area contributed by atoms with Crippen LogP contribution in [0.1, 0.15) is 5.56 Å². The summed E-state index contributed by atoms with van der Waals surface area (Å²) in [4.78, 5) is 4.28. The highest BCUT2D eigenvalue weighted by Gasteiger charge is 2.16. The maximum absolute atomic E-state index is 12.3. The molecule has 1 aromatic heterocycles. The largest absolute Gasteiger partial charge is 0.497 e. The fourth-order valence-corrected chi connectivity index (χ4v) is 4.68. The molecule has 0 aliphatic carbocycles. The Labute approximate surface area is 142 Å².